The number of aromatic nitrogens is 2. The zero-order valence-electron chi connectivity index (χ0n) is 7.91. The van der Waals surface area contributed by atoms with Gasteiger partial charge in [0.1, 0.15) is 12.4 Å². The maximum atomic E-state index is 10.9. The molecule has 0 radical (unpaired) electrons. The fourth-order valence-electron chi connectivity index (χ4n) is 1.34. The molecule has 0 spiro atoms. The average molecular weight is 241 g/mol. The molecule has 2 N–H and O–H groups in total. The van der Waals surface area contributed by atoms with E-state index in [1.807, 2.05) is 0 Å². The van der Waals surface area contributed by atoms with Crippen molar-refractivity contribution in [1.82, 2.24) is 9.97 Å². The molecule has 0 saturated heterocycles. The summed E-state index contributed by atoms with van der Waals surface area (Å²) in [7, 11) is -4.23. The molecule has 0 unspecified atom stereocenters. The monoisotopic (exact) mass is 241 g/mol. The number of hydrogen-bond donors (Lipinski definition) is 2. The predicted octanol–water partition coefficient (Wildman–Crippen LogP) is 1.08. The van der Waals surface area contributed by atoms with Crippen LogP contribution in [0.5, 0.6) is 0 Å². The molecule has 1 aromatic heterocycles. The van der Waals surface area contributed by atoms with Crippen molar-refractivity contribution in [3.8, 4) is 0 Å². The van der Waals surface area contributed by atoms with Gasteiger partial charge in [-0.25, -0.2) is 4.98 Å². The molecule has 7 nitrogen and oxygen atoms in total. The molecule has 84 valence electrons. The van der Waals surface area contributed by atoms with E-state index in [0.29, 0.717) is 16.9 Å². The summed E-state index contributed by atoms with van der Waals surface area (Å²) in [6.45, 7) is -0.115. The Morgan fingerprint density at radius 1 is 1.44 bits per heavy atom. The van der Waals surface area contributed by atoms with Gasteiger partial charge in [-0.2, -0.15) is 13.3 Å². The van der Waals surface area contributed by atoms with Gasteiger partial charge in [0.05, 0.1) is 15.9 Å². The van der Waals surface area contributed by atoms with Crippen molar-refractivity contribution in [1.29, 1.82) is 0 Å². The summed E-state index contributed by atoms with van der Waals surface area (Å²) in [5, 5.41) is 2.66. The third-order valence-electron chi connectivity index (χ3n) is 2.01. The fraction of sp³-hybridized carbons (Fsp3) is 0.125. The second-order valence-electron chi connectivity index (χ2n) is 3.12. The SMILES string of the molecule is O=NCc1nc2ccc(S(=O)(=O)O)cc2[nH]1. The van der Waals surface area contributed by atoms with Gasteiger partial charge in [-0.3, -0.25) is 4.55 Å². The summed E-state index contributed by atoms with van der Waals surface area (Å²) in [5.41, 5.74) is 0.930. The Morgan fingerprint density at radius 2 is 2.19 bits per heavy atom. The van der Waals surface area contributed by atoms with E-state index in [2.05, 4.69) is 15.1 Å². The van der Waals surface area contributed by atoms with Gasteiger partial charge in [0.2, 0.25) is 0 Å². The lowest BCUT2D eigenvalue weighted by molar-refractivity contribution is 0.483. The van der Waals surface area contributed by atoms with Crippen LogP contribution in [0, 0.1) is 4.91 Å². The molecule has 1 aromatic carbocycles. The first kappa shape index (κ1) is 10.7. The lowest BCUT2D eigenvalue weighted by Crippen LogP contribution is -1.97. The Hall–Kier alpha value is -1.80. The Morgan fingerprint density at radius 3 is 2.81 bits per heavy atom. The Balaban J connectivity index is 2.58. The van der Waals surface area contributed by atoms with Crippen LogP contribution >= 0.6 is 0 Å². The Bertz CT molecular complexity index is 646. The van der Waals surface area contributed by atoms with E-state index in [1.54, 1.807) is 0 Å². The average Bonchev–Trinajstić information content (AvgIpc) is 2.57. The van der Waals surface area contributed by atoms with Crippen LogP contribution in [0.25, 0.3) is 11.0 Å². The zero-order chi connectivity index (χ0) is 11.8. The van der Waals surface area contributed by atoms with E-state index in [0.717, 1.165) is 0 Å². The third kappa shape index (κ3) is 1.92. The van der Waals surface area contributed by atoms with E-state index in [4.69, 9.17) is 4.55 Å². The fourth-order valence-corrected chi connectivity index (χ4v) is 1.84. The summed E-state index contributed by atoms with van der Waals surface area (Å²) in [5.74, 6) is 0.345. The molecule has 0 fully saturated rings. The number of rotatable bonds is 3. The van der Waals surface area contributed by atoms with Crippen LogP contribution in [-0.2, 0) is 16.7 Å². The summed E-state index contributed by atoms with van der Waals surface area (Å²) < 4.78 is 30.6. The smallest absolute Gasteiger partial charge is 0.294 e. The van der Waals surface area contributed by atoms with Crippen LogP contribution in [0.3, 0.4) is 0 Å². The van der Waals surface area contributed by atoms with Gasteiger partial charge in [0.25, 0.3) is 10.1 Å². The Kier molecular flexibility index (Phi) is 2.44. The summed E-state index contributed by atoms with van der Waals surface area (Å²) in [6.07, 6.45) is 0. The lowest BCUT2D eigenvalue weighted by Gasteiger charge is -1.95. The first-order valence-corrected chi connectivity index (χ1v) is 5.70. The van der Waals surface area contributed by atoms with E-state index >= 15 is 0 Å². The van der Waals surface area contributed by atoms with E-state index in [9.17, 15) is 13.3 Å². The molecule has 16 heavy (non-hydrogen) atoms. The largest absolute Gasteiger partial charge is 0.340 e. The number of benzene rings is 1. The summed E-state index contributed by atoms with van der Waals surface area (Å²) in [4.78, 5) is 16.5. The molecule has 0 aliphatic rings. The van der Waals surface area contributed by atoms with Gasteiger partial charge in [-0.1, -0.05) is 5.18 Å². The molecule has 8 heteroatoms. The zero-order valence-corrected chi connectivity index (χ0v) is 8.73. The van der Waals surface area contributed by atoms with Gasteiger partial charge in [-0.05, 0) is 18.2 Å². The molecule has 0 aliphatic heterocycles. The van der Waals surface area contributed by atoms with Crippen LogP contribution in [0.15, 0.2) is 28.3 Å². The van der Waals surface area contributed by atoms with Crippen LogP contribution in [0.1, 0.15) is 5.82 Å². The standard InChI is InChI=1S/C8H7N3O4S/c12-9-4-8-10-6-2-1-5(16(13,14)15)3-7(6)11-8/h1-3H,4H2,(H,10,11)(H,13,14,15). The minimum absolute atomic E-state index is 0.115. The van der Waals surface area contributed by atoms with Crippen molar-refractivity contribution < 1.29 is 13.0 Å². The molecule has 1 heterocycles. The molecular weight excluding hydrogens is 234 g/mol. The normalized spacial score (nSPS) is 11.8. The molecule has 0 amide bonds. The summed E-state index contributed by atoms with van der Waals surface area (Å²) in [6, 6.07) is 3.91. The highest BCUT2D eigenvalue weighted by Crippen LogP contribution is 2.17. The highest BCUT2D eigenvalue weighted by Gasteiger charge is 2.11. The molecule has 0 atom stereocenters. The van der Waals surface area contributed by atoms with Crippen molar-refractivity contribution in [3.05, 3.63) is 28.9 Å². The number of aromatic amines is 1. The van der Waals surface area contributed by atoms with Crippen molar-refractivity contribution in [2.75, 3.05) is 0 Å². The molecule has 0 saturated carbocycles. The topological polar surface area (TPSA) is 112 Å². The minimum Gasteiger partial charge on any atom is -0.340 e. The number of fused-ring (bicyclic) bond motifs is 1. The lowest BCUT2D eigenvalue weighted by atomic mass is 10.3. The second kappa shape index (κ2) is 3.65. The first-order chi connectivity index (χ1) is 7.50. The van der Waals surface area contributed by atoms with Crippen molar-refractivity contribution in [2.24, 2.45) is 5.18 Å². The number of imidazole rings is 1. The van der Waals surface area contributed by atoms with Crippen LogP contribution in [0.4, 0.5) is 0 Å². The van der Waals surface area contributed by atoms with Gasteiger partial charge in [-0.15, -0.1) is 0 Å². The first-order valence-electron chi connectivity index (χ1n) is 4.26. The van der Waals surface area contributed by atoms with Crippen LogP contribution in [-0.4, -0.2) is 22.9 Å². The second-order valence-corrected chi connectivity index (χ2v) is 4.55. The number of nitroso groups, excluding NO2 is 1. The van der Waals surface area contributed by atoms with Gasteiger partial charge < -0.3 is 4.98 Å². The van der Waals surface area contributed by atoms with Crippen molar-refractivity contribution in [3.63, 3.8) is 0 Å². The third-order valence-corrected chi connectivity index (χ3v) is 2.86. The van der Waals surface area contributed by atoms with Crippen molar-refractivity contribution in [2.45, 2.75) is 11.4 Å². The number of H-pyrrole nitrogens is 1. The van der Waals surface area contributed by atoms with Crippen LogP contribution < -0.4 is 0 Å². The number of nitrogens with zero attached hydrogens (tertiary/aromatic N) is 2. The number of nitrogens with one attached hydrogen (secondary N) is 1. The molecular formula is C8H7N3O4S. The van der Waals surface area contributed by atoms with E-state index in [1.165, 1.54) is 18.2 Å². The maximum Gasteiger partial charge on any atom is 0.294 e. The highest BCUT2D eigenvalue weighted by molar-refractivity contribution is 7.85. The maximum absolute atomic E-state index is 10.9. The molecule has 2 rings (SSSR count). The molecule has 2 aromatic rings. The van der Waals surface area contributed by atoms with Crippen molar-refractivity contribution >= 4 is 21.2 Å². The molecule has 0 aliphatic carbocycles. The van der Waals surface area contributed by atoms with E-state index in [-0.39, 0.29) is 11.4 Å². The highest BCUT2D eigenvalue weighted by atomic mass is 32.2. The minimum atomic E-state index is -4.23. The van der Waals surface area contributed by atoms with Gasteiger partial charge in [0, 0.05) is 0 Å². The van der Waals surface area contributed by atoms with Gasteiger partial charge >= 0.3 is 0 Å². The number of hydrogen-bond acceptors (Lipinski definition) is 5. The van der Waals surface area contributed by atoms with Crippen LogP contribution in [0.2, 0.25) is 0 Å². The predicted molar refractivity (Wildman–Crippen MR) is 55.4 cm³/mol. The summed E-state index contributed by atoms with van der Waals surface area (Å²) >= 11 is 0. The Labute approximate surface area is 90.2 Å². The quantitative estimate of drug-likeness (QED) is 0.616. The van der Waals surface area contributed by atoms with Gasteiger partial charge in [0.15, 0.2) is 0 Å². The molecule has 0 bridgehead atoms. The van der Waals surface area contributed by atoms with E-state index < -0.39 is 10.1 Å².